The molecular weight excluding hydrogens is 307 g/mol. The Bertz CT molecular complexity index is 447. The molecule has 1 unspecified atom stereocenters. The van der Waals surface area contributed by atoms with Crippen LogP contribution in [0.25, 0.3) is 0 Å². The fourth-order valence-electron chi connectivity index (χ4n) is 1.24. The summed E-state index contributed by atoms with van der Waals surface area (Å²) in [4.78, 5) is 21.0. The van der Waals surface area contributed by atoms with Gasteiger partial charge in [0.2, 0.25) is 10.0 Å². The van der Waals surface area contributed by atoms with Gasteiger partial charge in [0.15, 0.2) is 0 Å². The highest BCUT2D eigenvalue weighted by atomic mass is 32.2. The Hall–Kier alpha value is -1.36. The van der Waals surface area contributed by atoms with E-state index in [1.165, 1.54) is 0 Å². The molecule has 0 fully saturated rings. The number of alkyl halides is 3. The number of rotatable bonds is 9. The fraction of sp³-hybridized carbons (Fsp3) is 0.778. The lowest BCUT2D eigenvalue weighted by molar-refractivity contribution is -0.140. The van der Waals surface area contributed by atoms with Crippen LogP contribution in [-0.2, 0) is 19.6 Å². The van der Waals surface area contributed by atoms with Gasteiger partial charge in [-0.15, -0.1) is 0 Å². The molecule has 20 heavy (non-hydrogen) atoms. The van der Waals surface area contributed by atoms with Gasteiger partial charge in [-0.1, -0.05) is 0 Å². The number of sulfonamides is 1. The Balaban J connectivity index is 4.45. The van der Waals surface area contributed by atoms with Crippen LogP contribution in [0.3, 0.4) is 0 Å². The first-order valence-corrected chi connectivity index (χ1v) is 7.09. The summed E-state index contributed by atoms with van der Waals surface area (Å²) in [7, 11) is -4.22. The van der Waals surface area contributed by atoms with E-state index in [9.17, 15) is 31.2 Å². The van der Waals surface area contributed by atoms with Crippen molar-refractivity contribution in [1.29, 1.82) is 0 Å². The van der Waals surface area contributed by atoms with Crippen molar-refractivity contribution in [2.24, 2.45) is 0 Å². The van der Waals surface area contributed by atoms with Gasteiger partial charge in [-0.25, -0.2) is 13.1 Å². The molecule has 0 radical (unpaired) electrons. The molecule has 11 heteroatoms. The molecular formula is C9H14F3NO6S. The summed E-state index contributed by atoms with van der Waals surface area (Å²) < 4.78 is 60.0. The van der Waals surface area contributed by atoms with Crippen LogP contribution in [0, 0.1) is 0 Å². The van der Waals surface area contributed by atoms with E-state index < -0.39 is 65.6 Å². The van der Waals surface area contributed by atoms with E-state index in [1.54, 1.807) is 4.72 Å². The van der Waals surface area contributed by atoms with Crippen LogP contribution in [-0.4, -0.2) is 48.5 Å². The van der Waals surface area contributed by atoms with Gasteiger partial charge in [-0.3, -0.25) is 9.59 Å². The maximum Gasteiger partial charge on any atom is 0.389 e. The van der Waals surface area contributed by atoms with Crippen molar-refractivity contribution >= 4 is 22.0 Å². The van der Waals surface area contributed by atoms with Gasteiger partial charge in [0.25, 0.3) is 0 Å². The second-order valence-electron chi connectivity index (χ2n) is 3.98. The zero-order valence-corrected chi connectivity index (χ0v) is 11.0. The average molecular weight is 321 g/mol. The first kappa shape index (κ1) is 18.6. The summed E-state index contributed by atoms with van der Waals surface area (Å²) in [5.41, 5.74) is 0. The number of carboxylic acids is 2. The Morgan fingerprint density at radius 1 is 1.20 bits per heavy atom. The van der Waals surface area contributed by atoms with E-state index >= 15 is 0 Å². The number of hydrogen-bond acceptors (Lipinski definition) is 4. The van der Waals surface area contributed by atoms with Crippen molar-refractivity contribution in [3.8, 4) is 0 Å². The zero-order valence-electron chi connectivity index (χ0n) is 10.2. The van der Waals surface area contributed by atoms with Gasteiger partial charge in [0.1, 0.15) is 6.04 Å². The van der Waals surface area contributed by atoms with Crippen molar-refractivity contribution in [2.45, 2.75) is 37.9 Å². The van der Waals surface area contributed by atoms with Gasteiger partial charge in [0, 0.05) is 12.8 Å². The molecule has 0 amide bonds. The molecule has 0 bridgehead atoms. The third-order valence-corrected chi connectivity index (χ3v) is 3.61. The number of halogens is 3. The van der Waals surface area contributed by atoms with E-state index in [0.29, 0.717) is 0 Å². The second-order valence-corrected chi connectivity index (χ2v) is 5.85. The SMILES string of the molecule is O=C(O)CCC(NS(=O)(=O)CCCC(F)(F)F)C(=O)O. The largest absolute Gasteiger partial charge is 0.481 e. The lowest BCUT2D eigenvalue weighted by Crippen LogP contribution is -2.42. The first-order chi connectivity index (χ1) is 8.93. The molecule has 0 aromatic rings. The molecule has 7 nitrogen and oxygen atoms in total. The average Bonchev–Trinajstić information content (AvgIpc) is 2.21. The van der Waals surface area contributed by atoms with Crippen LogP contribution >= 0.6 is 0 Å². The van der Waals surface area contributed by atoms with Crippen LogP contribution in [0.15, 0.2) is 0 Å². The predicted octanol–water partition coefficient (Wildman–Crippen LogP) is 0.566. The minimum absolute atomic E-state index is 0.497. The number of nitrogens with one attached hydrogen (secondary N) is 1. The zero-order chi connectivity index (χ0) is 16.0. The molecule has 0 aromatic heterocycles. The number of aliphatic carboxylic acids is 2. The van der Waals surface area contributed by atoms with Gasteiger partial charge in [0.05, 0.1) is 5.75 Å². The molecule has 0 spiro atoms. The molecule has 0 aliphatic carbocycles. The van der Waals surface area contributed by atoms with Crippen molar-refractivity contribution in [3.05, 3.63) is 0 Å². The molecule has 0 saturated carbocycles. The van der Waals surface area contributed by atoms with Gasteiger partial charge in [-0.2, -0.15) is 13.2 Å². The second kappa shape index (κ2) is 7.43. The third-order valence-electron chi connectivity index (χ3n) is 2.14. The lowest BCUT2D eigenvalue weighted by Gasteiger charge is -2.14. The predicted molar refractivity (Wildman–Crippen MR) is 60.5 cm³/mol. The van der Waals surface area contributed by atoms with Crippen molar-refractivity contribution in [3.63, 3.8) is 0 Å². The Kier molecular flexibility index (Phi) is 6.92. The fourth-order valence-corrected chi connectivity index (χ4v) is 2.53. The third kappa shape index (κ3) is 9.55. The molecule has 1 atom stereocenters. The number of carbonyl (C=O) groups is 2. The number of carboxylic acid groups (broad SMARTS) is 2. The van der Waals surface area contributed by atoms with E-state index in [0.717, 1.165) is 0 Å². The highest BCUT2D eigenvalue weighted by Crippen LogP contribution is 2.21. The highest BCUT2D eigenvalue weighted by Gasteiger charge is 2.29. The molecule has 0 aromatic carbocycles. The van der Waals surface area contributed by atoms with Crippen LogP contribution in [0.5, 0.6) is 0 Å². The van der Waals surface area contributed by atoms with Crippen molar-refractivity contribution in [1.82, 2.24) is 4.72 Å². The van der Waals surface area contributed by atoms with Crippen LogP contribution in [0.4, 0.5) is 13.2 Å². The Morgan fingerprint density at radius 3 is 2.15 bits per heavy atom. The Morgan fingerprint density at radius 2 is 1.75 bits per heavy atom. The number of hydrogen-bond donors (Lipinski definition) is 3. The maximum absolute atomic E-state index is 11.9. The summed E-state index contributed by atoms with van der Waals surface area (Å²) in [5, 5.41) is 17.1. The topological polar surface area (TPSA) is 121 Å². The summed E-state index contributed by atoms with van der Waals surface area (Å²) >= 11 is 0. The van der Waals surface area contributed by atoms with Crippen molar-refractivity contribution < 1.29 is 41.4 Å². The molecule has 3 N–H and O–H groups in total. The van der Waals surface area contributed by atoms with Crippen LogP contribution < -0.4 is 4.72 Å². The molecule has 0 aliphatic heterocycles. The quantitative estimate of drug-likeness (QED) is 0.571. The molecule has 118 valence electrons. The summed E-state index contributed by atoms with van der Waals surface area (Å²) in [6.07, 6.45) is -7.58. The first-order valence-electron chi connectivity index (χ1n) is 5.44. The lowest BCUT2D eigenvalue weighted by atomic mass is 10.2. The van der Waals surface area contributed by atoms with E-state index in [1.807, 2.05) is 0 Å². The van der Waals surface area contributed by atoms with E-state index in [4.69, 9.17) is 10.2 Å². The van der Waals surface area contributed by atoms with Crippen molar-refractivity contribution in [2.75, 3.05) is 5.75 Å². The van der Waals surface area contributed by atoms with Crippen LogP contribution in [0.2, 0.25) is 0 Å². The van der Waals surface area contributed by atoms with Crippen LogP contribution in [0.1, 0.15) is 25.7 Å². The van der Waals surface area contributed by atoms with Gasteiger partial charge < -0.3 is 10.2 Å². The minimum Gasteiger partial charge on any atom is -0.481 e. The van der Waals surface area contributed by atoms with E-state index in [-0.39, 0.29) is 0 Å². The molecule has 0 saturated heterocycles. The highest BCUT2D eigenvalue weighted by molar-refractivity contribution is 7.89. The smallest absolute Gasteiger partial charge is 0.389 e. The molecule has 0 aliphatic rings. The maximum atomic E-state index is 11.9. The summed E-state index contributed by atoms with van der Waals surface area (Å²) in [5.74, 6) is -3.79. The Labute approximate surface area is 112 Å². The molecule has 0 rings (SSSR count). The normalized spacial score (nSPS) is 13.9. The minimum atomic E-state index is -4.50. The monoisotopic (exact) mass is 321 g/mol. The van der Waals surface area contributed by atoms with Gasteiger partial charge >= 0.3 is 18.1 Å². The van der Waals surface area contributed by atoms with E-state index in [2.05, 4.69) is 0 Å². The molecule has 0 heterocycles. The van der Waals surface area contributed by atoms with Gasteiger partial charge in [-0.05, 0) is 12.8 Å². The standard InChI is InChI=1S/C9H14F3NO6S/c10-9(11,12)4-1-5-20(18,19)13-6(8(16)17)2-3-7(14)15/h6,13H,1-5H2,(H,14,15)(H,16,17). The summed E-state index contributed by atoms with van der Waals surface area (Å²) in [6.45, 7) is 0. The summed E-state index contributed by atoms with van der Waals surface area (Å²) in [6, 6.07) is -1.68.